The zero-order valence-corrected chi connectivity index (χ0v) is 18.6. The monoisotopic (exact) mass is 467 g/mol. The molecule has 0 aliphatic rings. The van der Waals surface area contributed by atoms with Gasteiger partial charge < -0.3 is 24.9 Å². The van der Waals surface area contributed by atoms with Gasteiger partial charge in [0.1, 0.15) is 17.1 Å². The maximum Gasteiger partial charge on any atom is 0.191 e. The molecule has 1 aromatic rings. The van der Waals surface area contributed by atoms with Crippen LogP contribution in [0.3, 0.4) is 0 Å². The van der Waals surface area contributed by atoms with Crippen LogP contribution < -0.4 is 10.6 Å². The van der Waals surface area contributed by atoms with Crippen LogP contribution in [0.4, 0.5) is 0 Å². The lowest BCUT2D eigenvalue weighted by atomic mass is 9.96. The van der Waals surface area contributed by atoms with Gasteiger partial charge in [-0.3, -0.25) is 0 Å². The number of aryl methyl sites for hydroxylation is 2. The normalized spacial score (nSPS) is 14.2. The van der Waals surface area contributed by atoms with Crippen molar-refractivity contribution >= 4 is 29.9 Å². The number of nitrogens with zero attached hydrogens (tertiary/aromatic N) is 1. The van der Waals surface area contributed by atoms with Crippen molar-refractivity contribution in [2.75, 3.05) is 32.8 Å². The number of aliphatic imine (C=N–C) groups is 1. The predicted molar refractivity (Wildman–Crippen MR) is 113 cm³/mol. The summed E-state index contributed by atoms with van der Waals surface area (Å²) in [4.78, 5) is 4.49. The maximum absolute atomic E-state index is 10.7. The summed E-state index contributed by atoms with van der Waals surface area (Å²) in [5.74, 6) is 2.72. The number of ether oxygens (including phenoxy) is 1. The van der Waals surface area contributed by atoms with Crippen LogP contribution in [0, 0.1) is 19.8 Å². The first kappa shape index (κ1) is 24.2. The van der Waals surface area contributed by atoms with E-state index < -0.39 is 5.60 Å². The first-order chi connectivity index (χ1) is 11.3. The predicted octanol–water partition coefficient (Wildman–Crippen LogP) is 2.95. The molecule has 1 rings (SSSR count). The van der Waals surface area contributed by atoms with E-state index in [1.807, 2.05) is 26.8 Å². The van der Waals surface area contributed by atoms with Gasteiger partial charge in [-0.15, -0.1) is 24.0 Å². The molecule has 0 aromatic carbocycles. The van der Waals surface area contributed by atoms with E-state index in [0.29, 0.717) is 25.0 Å². The topological polar surface area (TPSA) is 79.0 Å². The highest BCUT2D eigenvalue weighted by molar-refractivity contribution is 14.0. The number of halogens is 1. The molecule has 0 amide bonds. The number of guanidine groups is 1. The van der Waals surface area contributed by atoms with Crippen molar-refractivity contribution in [2.24, 2.45) is 10.9 Å². The minimum Gasteiger partial charge on any atom is -0.466 e. The first-order valence-corrected chi connectivity index (χ1v) is 8.66. The Morgan fingerprint density at radius 1 is 1.36 bits per heavy atom. The number of hydrogen-bond donors (Lipinski definition) is 3. The second-order valence-electron chi connectivity index (χ2n) is 6.69. The summed E-state index contributed by atoms with van der Waals surface area (Å²) in [7, 11) is 0. The Bertz CT molecular complexity index is 528. The molecule has 25 heavy (non-hydrogen) atoms. The molecule has 1 unspecified atom stereocenters. The first-order valence-electron chi connectivity index (χ1n) is 8.66. The molecule has 0 spiro atoms. The van der Waals surface area contributed by atoms with Crippen LogP contribution >= 0.6 is 24.0 Å². The molecule has 7 heteroatoms. The maximum atomic E-state index is 10.7. The Balaban J connectivity index is 0.00000576. The molecule has 0 aliphatic heterocycles. The minimum absolute atomic E-state index is 0. The highest BCUT2D eigenvalue weighted by Gasteiger charge is 2.27. The third-order valence-electron chi connectivity index (χ3n) is 3.50. The van der Waals surface area contributed by atoms with E-state index in [2.05, 4.69) is 29.5 Å². The number of furan rings is 1. The number of hydrogen-bond acceptors (Lipinski definition) is 4. The largest absolute Gasteiger partial charge is 0.466 e. The Morgan fingerprint density at radius 2 is 2.04 bits per heavy atom. The van der Waals surface area contributed by atoms with Crippen LogP contribution in [0.5, 0.6) is 0 Å². The zero-order chi connectivity index (χ0) is 18.2. The Kier molecular flexibility index (Phi) is 11.4. The SMILES string of the molecule is CCNC(=NCC(C)(O)c1cc(C)oc1C)NCCOCC(C)C.I. The summed E-state index contributed by atoms with van der Waals surface area (Å²) >= 11 is 0. The number of nitrogens with one attached hydrogen (secondary N) is 2. The van der Waals surface area contributed by atoms with Crippen LogP contribution in [-0.2, 0) is 10.3 Å². The third-order valence-corrected chi connectivity index (χ3v) is 3.50. The Hall–Kier alpha value is -0.800. The lowest BCUT2D eigenvalue weighted by molar-refractivity contribution is 0.0656. The van der Waals surface area contributed by atoms with E-state index in [-0.39, 0.29) is 30.5 Å². The number of rotatable bonds is 9. The molecule has 0 radical (unpaired) electrons. The summed E-state index contributed by atoms with van der Waals surface area (Å²) in [6.45, 7) is 14.8. The van der Waals surface area contributed by atoms with E-state index >= 15 is 0 Å². The van der Waals surface area contributed by atoms with E-state index in [4.69, 9.17) is 9.15 Å². The fourth-order valence-electron chi connectivity index (χ4n) is 2.39. The van der Waals surface area contributed by atoms with Gasteiger partial charge in [0.25, 0.3) is 0 Å². The molecule has 1 aromatic heterocycles. The van der Waals surface area contributed by atoms with Crippen molar-refractivity contribution in [3.63, 3.8) is 0 Å². The standard InChI is InChI=1S/C18H33N3O3.HI/c1-7-19-17(20-8-9-23-11-13(2)3)21-12-18(6,22)16-10-14(4)24-15(16)5;/h10,13,22H,7-9,11-12H2,1-6H3,(H2,19,20,21);1H. The zero-order valence-electron chi connectivity index (χ0n) is 16.3. The van der Waals surface area contributed by atoms with Crippen LogP contribution in [-0.4, -0.2) is 43.9 Å². The molecule has 0 saturated heterocycles. The molecule has 0 aliphatic carbocycles. The molecular formula is C18H34IN3O3. The van der Waals surface area contributed by atoms with Gasteiger partial charge >= 0.3 is 0 Å². The van der Waals surface area contributed by atoms with Crippen LogP contribution in [0.2, 0.25) is 0 Å². The van der Waals surface area contributed by atoms with Gasteiger partial charge in [0.15, 0.2) is 5.96 Å². The fourth-order valence-corrected chi connectivity index (χ4v) is 2.39. The van der Waals surface area contributed by atoms with E-state index in [1.165, 1.54) is 0 Å². The van der Waals surface area contributed by atoms with E-state index in [1.54, 1.807) is 6.92 Å². The average molecular weight is 467 g/mol. The summed E-state index contributed by atoms with van der Waals surface area (Å²) in [5, 5.41) is 17.1. The second-order valence-corrected chi connectivity index (χ2v) is 6.69. The molecule has 146 valence electrons. The van der Waals surface area contributed by atoms with Gasteiger partial charge in [-0.2, -0.15) is 0 Å². The molecule has 0 bridgehead atoms. The van der Waals surface area contributed by atoms with Crippen molar-refractivity contribution < 1.29 is 14.3 Å². The van der Waals surface area contributed by atoms with Gasteiger partial charge in [0.05, 0.1) is 13.2 Å². The third kappa shape index (κ3) is 8.91. The molecule has 3 N–H and O–H groups in total. The Labute approximate surface area is 168 Å². The van der Waals surface area contributed by atoms with E-state index in [0.717, 1.165) is 30.2 Å². The van der Waals surface area contributed by atoms with Crippen LogP contribution in [0.15, 0.2) is 15.5 Å². The fraction of sp³-hybridized carbons (Fsp3) is 0.722. The van der Waals surface area contributed by atoms with E-state index in [9.17, 15) is 5.11 Å². The summed E-state index contributed by atoms with van der Waals surface area (Å²) in [6.07, 6.45) is 0. The summed E-state index contributed by atoms with van der Waals surface area (Å²) in [6, 6.07) is 1.87. The minimum atomic E-state index is -1.07. The molecule has 1 atom stereocenters. The van der Waals surface area contributed by atoms with Crippen molar-refractivity contribution in [1.29, 1.82) is 0 Å². The van der Waals surface area contributed by atoms with Gasteiger partial charge in [0.2, 0.25) is 0 Å². The average Bonchev–Trinajstić information content (AvgIpc) is 2.83. The quantitative estimate of drug-likeness (QED) is 0.225. The second kappa shape index (κ2) is 11.7. The van der Waals surface area contributed by atoms with Crippen molar-refractivity contribution in [2.45, 2.75) is 47.1 Å². The van der Waals surface area contributed by atoms with Crippen molar-refractivity contribution in [3.8, 4) is 0 Å². The van der Waals surface area contributed by atoms with Gasteiger partial charge in [-0.25, -0.2) is 4.99 Å². The van der Waals surface area contributed by atoms with Crippen molar-refractivity contribution in [1.82, 2.24) is 10.6 Å². The molecule has 1 heterocycles. The highest BCUT2D eigenvalue weighted by atomic mass is 127. The lowest BCUT2D eigenvalue weighted by Gasteiger charge is -2.21. The molecular weight excluding hydrogens is 433 g/mol. The van der Waals surface area contributed by atoms with Gasteiger partial charge in [-0.05, 0) is 39.7 Å². The van der Waals surface area contributed by atoms with Gasteiger partial charge in [0, 0.05) is 25.3 Å². The van der Waals surface area contributed by atoms with Crippen LogP contribution in [0.1, 0.15) is 44.8 Å². The molecule has 0 fully saturated rings. The van der Waals surface area contributed by atoms with Crippen LogP contribution in [0.25, 0.3) is 0 Å². The molecule has 0 saturated carbocycles. The molecule has 6 nitrogen and oxygen atoms in total. The highest BCUT2D eigenvalue weighted by Crippen LogP contribution is 2.27. The smallest absolute Gasteiger partial charge is 0.191 e. The summed E-state index contributed by atoms with van der Waals surface area (Å²) in [5.41, 5.74) is -0.293. The van der Waals surface area contributed by atoms with Gasteiger partial charge in [-0.1, -0.05) is 13.8 Å². The number of aliphatic hydroxyl groups is 1. The summed E-state index contributed by atoms with van der Waals surface area (Å²) < 4.78 is 11.1. The Morgan fingerprint density at radius 3 is 2.56 bits per heavy atom. The lowest BCUT2D eigenvalue weighted by Crippen LogP contribution is -2.40. The van der Waals surface area contributed by atoms with Crippen molar-refractivity contribution in [3.05, 3.63) is 23.2 Å².